The quantitative estimate of drug-likeness (QED) is 0.769. The van der Waals surface area contributed by atoms with Crippen LogP contribution in [-0.2, 0) is 11.2 Å². The molecular formula is C15H20N2O3. The van der Waals surface area contributed by atoms with Crippen LogP contribution in [0.2, 0.25) is 0 Å². The van der Waals surface area contributed by atoms with Gasteiger partial charge in [0.25, 0.3) is 5.91 Å². The van der Waals surface area contributed by atoms with E-state index in [2.05, 4.69) is 10.6 Å². The van der Waals surface area contributed by atoms with Crippen molar-refractivity contribution in [2.45, 2.75) is 38.6 Å². The minimum atomic E-state index is -0.840. The van der Waals surface area contributed by atoms with Gasteiger partial charge in [0.1, 0.15) is 0 Å². The maximum atomic E-state index is 12.3. The van der Waals surface area contributed by atoms with E-state index in [1.165, 1.54) is 0 Å². The van der Waals surface area contributed by atoms with Crippen molar-refractivity contribution in [3.63, 3.8) is 0 Å². The van der Waals surface area contributed by atoms with Crippen LogP contribution >= 0.6 is 0 Å². The van der Waals surface area contributed by atoms with Gasteiger partial charge in [0.05, 0.1) is 0 Å². The van der Waals surface area contributed by atoms with E-state index in [0.29, 0.717) is 12.0 Å². The minimum Gasteiger partial charge on any atom is -0.481 e. The Bertz CT molecular complexity index is 514. The Kier molecular flexibility index (Phi) is 4.61. The minimum absolute atomic E-state index is 0.0654. The summed E-state index contributed by atoms with van der Waals surface area (Å²) in [4.78, 5) is 22.8. The molecule has 1 aliphatic heterocycles. The molecule has 0 fully saturated rings. The zero-order chi connectivity index (χ0) is 14.5. The molecule has 3 N–H and O–H groups in total. The van der Waals surface area contributed by atoms with Gasteiger partial charge in [0.15, 0.2) is 0 Å². The molecule has 0 bridgehead atoms. The molecule has 1 heterocycles. The van der Waals surface area contributed by atoms with Gasteiger partial charge in [-0.3, -0.25) is 9.59 Å². The van der Waals surface area contributed by atoms with E-state index in [0.717, 1.165) is 30.6 Å². The van der Waals surface area contributed by atoms with Crippen LogP contribution in [0, 0.1) is 0 Å². The van der Waals surface area contributed by atoms with Crippen molar-refractivity contribution >= 4 is 17.6 Å². The van der Waals surface area contributed by atoms with E-state index >= 15 is 0 Å². The summed E-state index contributed by atoms with van der Waals surface area (Å²) in [5.41, 5.74) is 2.78. The Morgan fingerprint density at radius 1 is 1.45 bits per heavy atom. The number of carboxylic acid groups (broad SMARTS) is 1. The van der Waals surface area contributed by atoms with E-state index in [1.54, 1.807) is 0 Å². The highest BCUT2D eigenvalue weighted by molar-refractivity contribution is 5.97. The molecular weight excluding hydrogens is 256 g/mol. The average Bonchev–Trinajstić information content (AvgIpc) is 2.44. The summed E-state index contributed by atoms with van der Waals surface area (Å²) in [6, 6.07) is 5.53. The predicted molar refractivity (Wildman–Crippen MR) is 77.1 cm³/mol. The summed E-state index contributed by atoms with van der Waals surface area (Å²) in [6.07, 6.45) is 2.42. The van der Waals surface area contributed by atoms with E-state index in [9.17, 15) is 9.59 Å². The molecule has 1 aliphatic rings. The highest BCUT2D eigenvalue weighted by atomic mass is 16.4. The van der Waals surface area contributed by atoms with Gasteiger partial charge in [-0.15, -0.1) is 0 Å². The Morgan fingerprint density at radius 3 is 3.00 bits per heavy atom. The number of anilines is 1. The van der Waals surface area contributed by atoms with Gasteiger partial charge in [0, 0.05) is 30.3 Å². The Labute approximate surface area is 118 Å². The van der Waals surface area contributed by atoms with Crippen LogP contribution in [0.15, 0.2) is 18.2 Å². The molecule has 0 spiro atoms. The van der Waals surface area contributed by atoms with E-state index in [-0.39, 0.29) is 18.4 Å². The normalized spacial score (nSPS) is 14.8. The molecule has 0 saturated heterocycles. The van der Waals surface area contributed by atoms with Crippen molar-refractivity contribution in [1.29, 1.82) is 0 Å². The van der Waals surface area contributed by atoms with Gasteiger partial charge >= 0.3 is 5.97 Å². The maximum absolute atomic E-state index is 12.3. The summed E-state index contributed by atoms with van der Waals surface area (Å²) in [5.74, 6) is -0.962. The standard InChI is InChI=1S/C15H20N2O3/c1-10(7-8-14(18)19)17-15(20)12-4-2-6-13-11(12)5-3-9-16-13/h2,4,6,10,16H,3,5,7-9H2,1H3,(H,17,20)(H,18,19). The smallest absolute Gasteiger partial charge is 0.303 e. The summed E-state index contributed by atoms with van der Waals surface area (Å²) in [6.45, 7) is 2.77. The lowest BCUT2D eigenvalue weighted by atomic mass is 9.97. The summed E-state index contributed by atoms with van der Waals surface area (Å²) in [7, 11) is 0. The topological polar surface area (TPSA) is 78.4 Å². The van der Waals surface area contributed by atoms with Crippen LogP contribution in [-0.4, -0.2) is 29.6 Å². The van der Waals surface area contributed by atoms with Crippen molar-refractivity contribution in [1.82, 2.24) is 5.32 Å². The van der Waals surface area contributed by atoms with Crippen molar-refractivity contribution in [2.75, 3.05) is 11.9 Å². The monoisotopic (exact) mass is 276 g/mol. The SMILES string of the molecule is CC(CCC(=O)O)NC(=O)c1cccc2c1CCCN2. The van der Waals surface area contributed by atoms with Crippen molar-refractivity contribution in [2.24, 2.45) is 0 Å². The fourth-order valence-electron chi connectivity index (χ4n) is 2.44. The molecule has 0 saturated carbocycles. The van der Waals surface area contributed by atoms with E-state index in [1.807, 2.05) is 25.1 Å². The van der Waals surface area contributed by atoms with Crippen molar-refractivity contribution in [3.8, 4) is 0 Å². The predicted octanol–water partition coefficient (Wildman–Crippen LogP) is 2.03. The molecule has 0 aromatic heterocycles. The largest absolute Gasteiger partial charge is 0.481 e. The van der Waals surface area contributed by atoms with Crippen LogP contribution in [0.3, 0.4) is 0 Å². The lowest BCUT2D eigenvalue weighted by Gasteiger charge is -2.21. The van der Waals surface area contributed by atoms with Gasteiger partial charge < -0.3 is 15.7 Å². The molecule has 1 amide bonds. The summed E-state index contributed by atoms with van der Waals surface area (Å²) >= 11 is 0. The first kappa shape index (κ1) is 14.4. The molecule has 1 atom stereocenters. The van der Waals surface area contributed by atoms with Gasteiger partial charge in [-0.05, 0) is 43.9 Å². The molecule has 1 aromatic carbocycles. The Balaban J connectivity index is 2.04. The third-order valence-electron chi connectivity index (χ3n) is 3.51. The van der Waals surface area contributed by atoms with Gasteiger partial charge in [-0.1, -0.05) is 6.07 Å². The molecule has 2 rings (SSSR count). The second kappa shape index (κ2) is 6.41. The average molecular weight is 276 g/mol. The number of carbonyl (C=O) groups excluding carboxylic acids is 1. The first-order chi connectivity index (χ1) is 9.58. The number of amides is 1. The first-order valence-corrected chi connectivity index (χ1v) is 6.96. The number of aliphatic carboxylic acids is 1. The van der Waals surface area contributed by atoms with Crippen LogP contribution in [0.4, 0.5) is 5.69 Å². The number of benzene rings is 1. The van der Waals surface area contributed by atoms with Gasteiger partial charge in [0.2, 0.25) is 0 Å². The molecule has 5 heteroatoms. The van der Waals surface area contributed by atoms with Crippen molar-refractivity contribution < 1.29 is 14.7 Å². The van der Waals surface area contributed by atoms with E-state index < -0.39 is 5.97 Å². The molecule has 0 aliphatic carbocycles. The Hall–Kier alpha value is -2.04. The lowest BCUT2D eigenvalue weighted by molar-refractivity contribution is -0.137. The third kappa shape index (κ3) is 3.50. The Morgan fingerprint density at radius 2 is 2.25 bits per heavy atom. The highest BCUT2D eigenvalue weighted by Crippen LogP contribution is 2.25. The molecule has 1 unspecified atom stereocenters. The number of nitrogens with one attached hydrogen (secondary N) is 2. The fraction of sp³-hybridized carbons (Fsp3) is 0.467. The molecule has 0 radical (unpaired) electrons. The third-order valence-corrected chi connectivity index (χ3v) is 3.51. The van der Waals surface area contributed by atoms with Crippen LogP contribution in [0.1, 0.15) is 42.1 Å². The van der Waals surface area contributed by atoms with E-state index in [4.69, 9.17) is 5.11 Å². The fourth-order valence-corrected chi connectivity index (χ4v) is 2.44. The summed E-state index contributed by atoms with van der Waals surface area (Å²) < 4.78 is 0. The number of hydrogen-bond acceptors (Lipinski definition) is 3. The molecule has 20 heavy (non-hydrogen) atoms. The summed E-state index contributed by atoms with van der Waals surface area (Å²) in [5, 5.41) is 14.8. The van der Waals surface area contributed by atoms with Crippen molar-refractivity contribution in [3.05, 3.63) is 29.3 Å². The van der Waals surface area contributed by atoms with Crippen LogP contribution in [0.5, 0.6) is 0 Å². The number of hydrogen-bond donors (Lipinski definition) is 3. The zero-order valence-corrected chi connectivity index (χ0v) is 11.6. The molecule has 108 valence electrons. The maximum Gasteiger partial charge on any atom is 0.303 e. The first-order valence-electron chi connectivity index (χ1n) is 6.96. The highest BCUT2D eigenvalue weighted by Gasteiger charge is 2.18. The van der Waals surface area contributed by atoms with Crippen LogP contribution in [0.25, 0.3) is 0 Å². The second-order valence-corrected chi connectivity index (χ2v) is 5.17. The second-order valence-electron chi connectivity index (χ2n) is 5.17. The number of fused-ring (bicyclic) bond motifs is 1. The van der Waals surface area contributed by atoms with Crippen LogP contribution < -0.4 is 10.6 Å². The molecule has 5 nitrogen and oxygen atoms in total. The van der Waals surface area contributed by atoms with Gasteiger partial charge in [-0.2, -0.15) is 0 Å². The molecule has 1 aromatic rings. The zero-order valence-electron chi connectivity index (χ0n) is 11.6. The number of carbonyl (C=O) groups is 2. The lowest BCUT2D eigenvalue weighted by Crippen LogP contribution is -2.34. The van der Waals surface area contributed by atoms with Gasteiger partial charge in [-0.25, -0.2) is 0 Å². The number of rotatable bonds is 5. The number of carboxylic acids is 1.